The number of rotatable bonds is 4. The zero-order valence-electron chi connectivity index (χ0n) is 11.4. The molecule has 0 aliphatic heterocycles. The third kappa shape index (κ3) is 3.60. The Morgan fingerprint density at radius 3 is 2.62 bits per heavy atom. The molecule has 3 N–H and O–H groups in total. The molecule has 21 heavy (non-hydrogen) atoms. The highest BCUT2D eigenvalue weighted by molar-refractivity contribution is 7.89. The molecular weight excluding hydrogens is 312 g/mol. The molecule has 1 aromatic carbocycles. The maximum atomic E-state index is 12.1. The molecule has 1 heterocycles. The Hall–Kier alpha value is -1.90. The van der Waals surface area contributed by atoms with Crippen LogP contribution in [0.1, 0.15) is 15.2 Å². The summed E-state index contributed by atoms with van der Waals surface area (Å²) in [6.45, 7) is 1.63. The Bertz CT molecular complexity index is 781. The van der Waals surface area contributed by atoms with Crippen LogP contribution >= 0.6 is 11.3 Å². The molecule has 0 atom stereocenters. The highest BCUT2D eigenvalue weighted by atomic mass is 32.2. The molecule has 6 nitrogen and oxygen atoms in total. The molecule has 1 amide bonds. The van der Waals surface area contributed by atoms with E-state index >= 15 is 0 Å². The third-order valence-corrected chi connectivity index (χ3v) is 4.75. The predicted octanol–water partition coefficient (Wildman–Crippen LogP) is 1.96. The van der Waals surface area contributed by atoms with E-state index in [-0.39, 0.29) is 10.8 Å². The quantitative estimate of drug-likeness (QED) is 0.897. The van der Waals surface area contributed by atoms with Crippen LogP contribution in [0.3, 0.4) is 0 Å². The highest BCUT2D eigenvalue weighted by Crippen LogP contribution is 2.23. The van der Waals surface area contributed by atoms with E-state index in [0.717, 1.165) is 0 Å². The minimum atomic E-state index is -3.82. The summed E-state index contributed by atoms with van der Waals surface area (Å²) < 4.78 is 27.9. The molecule has 0 bridgehead atoms. The average molecular weight is 326 g/mol. The minimum absolute atomic E-state index is 0.0101. The number of methoxy groups -OCH3 is 1. The van der Waals surface area contributed by atoms with Crippen LogP contribution in [-0.2, 0) is 10.0 Å². The van der Waals surface area contributed by atoms with Crippen molar-refractivity contribution >= 4 is 33.0 Å². The lowest BCUT2D eigenvalue weighted by atomic mass is 10.2. The summed E-state index contributed by atoms with van der Waals surface area (Å²) in [4.78, 5) is 12.5. The number of carbonyl (C=O) groups is 1. The molecule has 0 saturated heterocycles. The van der Waals surface area contributed by atoms with Crippen LogP contribution in [0, 0.1) is 6.92 Å². The van der Waals surface area contributed by atoms with Crippen LogP contribution in [0.25, 0.3) is 0 Å². The number of primary sulfonamides is 1. The molecule has 0 fully saturated rings. The minimum Gasteiger partial charge on any atom is -0.496 e. The van der Waals surface area contributed by atoms with Gasteiger partial charge in [-0.25, -0.2) is 13.6 Å². The summed E-state index contributed by atoms with van der Waals surface area (Å²) in [5, 5.41) is 9.47. The Morgan fingerprint density at radius 1 is 1.33 bits per heavy atom. The standard InChI is InChI=1S/C13H14N2O4S2/c1-8-3-4-9(5-12(8)21(14,17)18)15-13(16)11-6-10(19-2)7-20-11/h3-7H,1-2H3,(H,15,16)(H2,14,17,18). The fourth-order valence-corrected chi connectivity index (χ4v) is 3.28. The first-order valence-corrected chi connectivity index (χ1v) is 8.31. The first kappa shape index (κ1) is 15.5. The van der Waals surface area contributed by atoms with Crippen molar-refractivity contribution in [2.24, 2.45) is 5.14 Å². The number of anilines is 1. The monoisotopic (exact) mass is 326 g/mol. The Kier molecular flexibility index (Phi) is 4.31. The Balaban J connectivity index is 2.26. The predicted molar refractivity (Wildman–Crippen MR) is 81.4 cm³/mol. The van der Waals surface area contributed by atoms with E-state index in [4.69, 9.17) is 9.88 Å². The van der Waals surface area contributed by atoms with Crippen molar-refractivity contribution in [3.05, 3.63) is 40.1 Å². The molecule has 2 aromatic rings. The van der Waals surface area contributed by atoms with Crippen LogP contribution in [0.2, 0.25) is 0 Å². The van der Waals surface area contributed by atoms with Gasteiger partial charge in [0.1, 0.15) is 5.75 Å². The fourth-order valence-electron chi connectivity index (χ4n) is 1.72. The number of carbonyl (C=O) groups excluding carboxylic acids is 1. The van der Waals surface area contributed by atoms with E-state index in [1.165, 1.54) is 24.5 Å². The number of hydrogen-bond acceptors (Lipinski definition) is 5. The van der Waals surface area contributed by atoms with Gasteiger partial charge in [0, 0.05) is 17.1 Å². The second kappa shape index (κ2) is 5.84. The summed E-state index contributed by atoms with van der Waals surface area (Å²) in [7, 11) is -2.31. The number of thiophene rings is 1. The largest absolute Gasteiger partial charge is 0.496 e. The van der Waals surface area contributed by atoms with Gasteiger partial charge >= 0.3 is 0 Å². The third-order valence-electron chi connectivity index (χ3n) is 2.79. The van der Waals surface area contributed by atoms with Gasteiger partial charge in [-0.15, -0.1) is 11.3 Å². The highest BCUT2D eigenvalue weighted by Gasteiger charge is 2.14. The topological polar surface area (TPSA) is 98.5 Å². The zero-order valence-corrected chi connectivity index (χ0v) is 13.0. The van der Waals surface area contributed by atoms with Crippen LogP contribution in [0.4, 0.5) is 5.69 Å². The maximum absolute atomic E-state index is 12.1. The number of aryl methyl sites for hydroxylation is 1. The molecule has 1 aromatic heterocycles. The Morgan fingerprint density at radius 2 is 2.05 bits per heavy atom. The van der Waals surface area contributed by atoms with Gasteiger partial charge < -0.3 is 10.1 Å². The van der Waals surface area contributed by atoms with Crippen molar-refractivity contribution in [1.29, 1.82) is 0 Å². The molecule has 112 valence electrons. The molecular formula is C13H14N2O4S2. The SMILES string of the molecule is COc1csc(C(=O)Nc2ccc(C)c(S(N)(=O)=O)c2)c1. The number of sulfonamides is 1. The van der Waals surface area contributed by atoms with Gasteiger partial charge in [-0.1, -0.05) is 6.07 Å². The first-order chi connectivity index (χ1) is 9.81. The summed E-state index contributed by atoms with van der Waals surface area (Å²) in [5.74, 6) is 0.256. The number of benzene rings is 1. The van der Waals surface area contributed by atoms with Gasteiger partial charge in [0.15, 0.2) is 0 Å². The van der Waals surface area contributed by atoms with Crippen molar-refractivity contribution in [2.45, 2.75) is 11.8 Å². The van der Waals surface area contributed by atoms with Crippen molar-refractivity contribution in [3.63, 3.8) is 0 Å². The molecule has 0 unspecified atom stereocenters. The van der Waals surface area contributed by atoms with Crippen LogP contribution in [-0.4, -0.2) is 21.4 Å². The van der Waals surface area contributed by atoms with Crippen molar-refractivity contribution < 1.29 is 17.9 Å². The number of nitrogens with one attached hydrogen (secondary N) is 1. The van der Waals surface area contributed by atoms with Crippen molar-refractivity contribution in [2.75, 3.05) is 12.4 Å². The van der Waals surface area contributed by atoms with E-state index in [2.05, 4.69) is 5.32 Å². The number of nitrogens with two attached hydrogens (primary N) is 1. The molecule has 0 aliphatic rings. The smallest absolute Gasteiger partial charge is 0.265 e. The van der Waals surface area contributed by atoms with Gasteiger partial charge in [-0.05, 0) is 24.6 Å². The van der Waals surface area contributed by atoms with Gasteiger partial charge in [0.25, 0.3) is 5.91 Å². The number of ether oxygens (including phenoxy) is 1. The van der Waals surface area contributed by atoms with E-state index in [1.807, 2.05) is 0 Å². The van der Waals surface area contributed by atoms with Gasteiger partial charge in [-0.3, -0.25) is 4.79 Å². The van der Waals surface area contributed by atoms with Crippen LogP contribution in [0.15, 0.2) is 34.5 Å². The van der Waals surface area contributed by atoms with Crippen molar-refractivity contribution in [3.8, 4) is 5.75 Å². The lowest BCUT2D eigenvalue weighted by Gasteiger charge is -2.08. The van der Waals surface area contributed by atoms with Gasteiger partial charge in [0.05, 0.1) is 16.9 Å². The first-order valence-electron chi connectivity index (χ1n) is 5.88. The Labute approximate surface area is 126 Å². The van der Waals surface area contributed by atoms with Gasteiger partial charge in [-0.2, -0.15) is 0 Å². The number of hydrogen-bond donors (Lipinski definition) is 2. The van der Waals surface area contributed by atoms with E-state index in [0.29, 0.717) is 21.9 Å². The zero-order chi connectivity index (χ0) is 15.6. The molecule has 2 rings (SSSR count). The van der Waals surface area contributed by atoms with E-state index in [1.54, 1.807) is 30.5 Å². The number of amides is 1. The maximum Gasteiger partial charge on any atom is 0.265 e. The summed E-state index contributed by atoms with van der Waals surface area (Å²) in [6.07, 6.45) is 0. The second-order valence-electron chi connectivity index (χ2n) is 4.33. The summed E-state index contributed by atoms with van der Waals surface area (Å²) in [5.41, 5.74) is 0.885. The van der Waals surface area contributed by atoms with E-state index in [9.17, 15) is 13.2 Å². The summed E-state index contributed by atoms with van der Waals surface area (Å²) in [6, 6.07) is 6.15. The van der Waals surface area contributed by atoms with Gasteiger partial charge in [0.2, 0.25) is 10.0 Å². The average Bonchev–Trinajstić information content (AvgIpc) is 2.88. The normalized spacial score (nSPS) is 11.2. The lowest BCUT2D eigenvalue weighted by molar-refractivity contribution is 0.103. The van der Waals surface area contributed by atoms with Crippen LogP contribution < -0.4 is 15.2 Å². The molecule has 0 saturated carbocycles. The van der Waals surface area contributed by atoms with E-state index < -0.39 is 10.0 Å². The van der Waals surface area contributed by atoms with Crippen molar-refractivity contribution in [1.82, 2.24) is 0 Å². The molecule has 0 radical (unpaired) electrons. The lowest BCUT2D eigenvalue weighted by Crippen LogP contribution is -2.15. The molecule has 0 spiro atoms. The molecule has 8 heteroatoms. The molecule has 0 aliphatic carbocycles. The van der Waals surface area contributed by atoms with Crippen LogP contribution in [0.5, 0.6) is 5.75 Å². The summed E-state index contributed by atoms with van der Waals surface area (Å²) >= 11 is 1.23. The second-order valence-corrected chi connectivity index (χ2v) is 6.77. The fraction of sp³-hybridized carbons (Fsp3) is 0.154.